The summed E-state index contributed by atoms with van der Waals surface area (Å²) in [6.07, 6.45) is 5.19. The van der Waals surface area contributed by atoms with E-state index in [0.29, 0.717) is 22.7 Å². The number of anilines is 1. The third-order valence-corrected chi connectivity index (χ3v) is 6.43. The first kappa shape index (κ1) is 25.8. The van der Waals surface area contributed by atoms with Crippen LogP contribution in [0.3, 0.4) is 0 Å². The molecular weight excluding hydrogens is 476 g/mol. The van der Waals surface area contributed by atoms with Gasteiger partial charge in [-0.25, -0.2) is 4.79 Å². The predicted octanol–water partition coefficient (Wildman–Crippen LogP) is 4.53. The molecule has 4 rings (SSSR count). The quantitative estimate of drug-likeness (QED) is 0.425. The maximum absolute atomic E-state index is 13.9. The van der Waals surface area contributed by atoms with Crippen molar-refractivity contribution < 1.29 is 33.0 Å². The van der Waals surface area contributed by atoms with Crippen LogP contribution in [0.2, 0.25) is 0 Å². The molecule has 1 fully saturated rings. The van der Waals surface area contributed by atoms with Crippen molar-refractivity contribution in [2.45, 2.75) is 37.8 Å². The molecule has 1 saturated carbocycles. The zero-order valence-corrected chi connectivity index (χ0v) is 21.1. The van der Waals surface area contributed by atoms with E-state index in [9.17, 15) is 14.4 Å². The molecule has 0 aliphatic heterocycles. The van der Waals surface area contributed by atoms with Gasteiger partial charge in [0.2, 0.25) is 5.91 Å². The molecule has 9 nitrogen and oxygen atoms in total. The van der Waals surface area contributed by atoms with Gasteiger partial charge in [-0.05, 0) is 60.9 Å². The summed E-state index contributed by atoms with van der Waals surface area (Å²) in [5.41, 5.74) is 1.06. The van der Waals surface area contributed by atoms with E-state index in [1.165, 1.54) is 44.6 Å². The average Bonchev–Trinajstić information content (AvgIpc) is 3.65. The highest BCUT2D eigenvalue weighted by Crippen LogP contribution is 2.36. The van der Waals surface area contributed by atoms with Crippen LogP contribution in [0.1, 0.15) is 58.2 Å². The Kier molecular flexibility index (Phi) is 8.12. The van der Waals surface area contributed by atoms with Crippen molar-refractivity contribution in [3.63, 3.8) is 0 Å². The summed E-state index contributed by atoms with van der Waals surface area (Å²) >= 11 is 0. The van der Waals surface area contributed by atoms with Crippen molar-refractivity contribution in [2.24, 2.45) is 0 Å². The summed E-state index contributed by atoms with van der Waals surface area (Å²) in [7, 11) is 4.30. The SMILES string of the molecule is COC(=O)c1cccc(N(C(=O)c2ccco2)C(C(=O)NC2CCCC2)c2ccc(OC)c(OC)c2)c1. The van der Waals surface area contributed by atoms with Crippen LogP contribution >= 0.6 is 0 Å². The lowest BCUT2D eigenvalue weighted by Gasteiger charge is -2.32. The number of nitrogens with zero attached hydrogens (tertiary/aromatic N) is 1. The Morgan fingerprint density at radius 1 is 0.946 bits per heavy atom. The number of rotatable bonds is 9. The Bertz CT molecular complexity index is 1250. The van der Waals surface area contributed by atoms with Gasteiger partial charge in [-0.1, -0.05) is 25.0 Å². The summed E-state index contributed by atoms with van der Waals surface area (Å²) in [4.78, 5) is 41.4. The standard InChI is InChI=1S/C28H30N2O7/c1-34-22-14-13-18(17-24(22)35-2)25(26(31)29-20-9-4-5-10-20)30(27(32)23-12-7-15-37-23)21-11-6-8-19(16-21)28(33)36-3/h6-8,11-17,20,25H,4-5,9-10H2,1-3H3,(H,29,31). The summed E-state index contributed by atoms with van der Waals surface area (Å²) in [6.45, 7) is 0. The molecule has 1 aromatic heterocycles. The van der Waals surface area contributed by atoms with E-state index in [0.717, 1.165) is 25.7 Å². The summed E-state index contributed by atoms with van der Waals surface area (Å²) in [5.74, 6) is -0.533. The lowest BCUT2D eigenvalue weighted by molar-refractivity contribution is -0.123. The van der Waals surface area contributed by atoms with Crippen LogP contribution < -0.4 is 19.7 Å². The predicted molar refractivity (Wildman–Crippen MR) is 136 cm³/mol. The highest BCUT2D eigenvalue weighted by atomic mass is 16.5. The van der Waals surface area contributed by atoms with E-state index in [-0.39, 0.29) is 23.3 Å². The van der Waals surface area contributed by atoms with Crippen LogP contribution in [-0.2, 0) is 9.53 Å². The number of esters is 1. The molecule has 1 unspecified atom stereocenters. The normalized spacial score (nSPS) is 14.0. The van der Waals surface area contributed by atoms with Crippen LogP contribution in [0.5, 0.6) is 11.5 Å². The summed E-state index contributed by atoms with van der Waals surface area (Å²) in [6, 6.07) is 13.5. The van der Waals surface area contributed by atoms with E-state index < -0.39 is 17.9 Å². The first-order valence-corrected chi connectivity index (χ1v) is 12.0. The van der Waals surface area contributed by atoms with E-state index in [1.54, 1.807) is 42.5 Å². The molecule has 0 spiro atoms. The first-order chi connectivity index (χ1) is 18.0. The van der Waals surface area contributed by atoms with Gasteiger partial charge in [0.25, 0.3) is 5.91 Å². The molecule has 1 aliphatic carbocycles. The number of hydrogen-bond acceptors (Lipinski definition) is 7. The van der Waals surface area contributed by atoms with Gasteiger partial charge in [-0.3, -0.25) is 14.5 Å². The molecule has 1 heterocycles. The summed E-state index contributed by atoms with van der Waals surface area (Å²) < 4.78 is 21.1. The molecular formula is C28H30N2O7. The average molecular weight is 507 g/mol. The molecule has 2 amide bonds. The lowest BCUT2D eigenvalue weighted by atomic mass is 10.0. The minimum atomic E-state index is -1.11. The fourth-order valence-corrected chi connectivity index (χ4v) is 4.59. The Balaban J connectivity index is 1.88. The number of amides is 2. The fourth-order valence-electron chi connectivity index (χ4n) is 4.59. The largest absolute Gasteiger partial charge is 0.493 e. The second-order valence-corrected chi connectivity index (χ2v) is 8.70. The van der Waals surface area contributed by atoms with E-state index in [2.05, 4.69) is 5.32 Å². The molecule has 1 aliphatic rings. The molecule has 194 valence electrons. The van der Waals surface area contributed by atoms with Gasteiger partial charge in [0.1, 0.15) is 6.04 Å². The molecule has 9 heteroatoms. The van der Waals surface area contributed by atoms with Crippen LogP contribution in [0.15, 0.2) is 65.3 Å². The van der Waals surface area contributed by atoms with Crippen molar-refractivity contribution in [1.29, 1.82) is 0 Å². The third-order valence-electron chi connectivity index (χ3n) is 6.43. The van der Waals surface area contributed by atoms with Gasteiger partial charge < -0.3 is 23.9 Å². The second kappa shape index (κ2) is 11.6. The Morgan fingerprint density at radius 2 is 1.70 bits per heavy atom. The number of carbonyl (C=O) groups is 3. The fraction of sp³-hybridized carbons (Fsp3) is 0.321. The van der Waals surface area contributed by atoms with Crippen molar-refractivity contribution >= 4 is 23.5 Å². The Morgan fingerprint density at radius 3 is 2.35 bits per heavy atom. The van der Waals surface area contributed by atoms with Crippen LogP contribution in [-0.4, -0.2) is 45.2 Å². The molecule has 0 radical (unpaired) electrons. The van der Waals surface area contributed by atoms with Gasteiger partial charge >= 0.3 is 5.97 Å². The summed E-state index contributed by atoms with van der Waals surface area (Å²) in [5, 5.41) is 3.12. The van der Waals surface area contributed by atoms with Crippen molar-refractivity contribution in [3.8, 4) is 11.5 Å². The highest BCUT2D eigenvalue weighted by molar-refractivity contribution is 6.09. The van der Waals surface area contributed by atoms with Gasteiger partial charge in [-0.15, -0.1) is 0 Å². The van der Waals surface area contributed by atoms with Crippen LogP contribution in [0, 0.1) is 0 Å². The van der Waals surface area contributed by atoms with Gasteiger partial charge in [0.15, 0.2) is 17.3 Å². The molecule has 3 aromatic rings. The first-order valence-electron chi connectivity index (χ1n) is 12.0. The second-order valence-electron chi connectivity index (χ2n) is 8.70. The highest BCUT2D eigenvalue weighted by Gasteiger charge is 2.36. The van der Waals surface area contributed by atoms with Crippen molar-refractivity contribution in [1.82, 2.24) is 5.32 Å². The smallest absolute Gasteiger partial charge is 0.337 e. The van der Waals surface area contributed by atoms with Gasteiger partial charge in [0, 0.05) is 11.7 Å². The Hall–Kier alpha value is -4.27. The van der Waals surface area contributed by atoms with Crippen molar-refractivity contribution in [2.75, 3.05) is 26.2 Å². The molecule has 37 heavy (non-hydrogen) atoms. The van der Waals surface area contributed by atoms with E-state index in [1.807, 2.05) is 0 Å². The van der Waals surface area contributed by atoms with Crippen LogP contribution in [0.25, 0.3) is 0 Å². The molecule has 1 N–H and O–H groups in total. The molecule has 0 bridgehead atoms. The van der Waals surface area contributed by atoms with Crippen LogP contribution in [0.4, 0.5) is 5.69 Å². The monoisotopic (exact) mass is 506 g/mol. The zero-order chi connectivity index (χ0) is 26.4. The maximum atomic E-state index is 13.9. The van der Waals surface area contributed by atoms with E-state index in [4.69, 9.17) is 18.6 Å². The van der Waals surface area contributed by atoms with Crippen molar-refractivity contribution in [3.05, 3.63) is 77.7 Å². The number of methoxy groups -OCH3 is 3. The van der Waals surface area contributed by atoms with Gasteiger partial charge in [0.05, 0.1) is 33.2 Å². The number of furan rings is 1. The molecule has 1 atom stereocenters. The van der Waals surface area contributed by atoms with Gasteiger partial charge in [-0.2, -0.15) is 0 Å². The number of benzene rings is 2. The number of nitrogens with one attached hydrogen (secondary N) is 1. The molecule has 2 aromatic carbocycles. The topological polar surface area (TPSA) is 107 Å². The number of carbonyl (C=O) groups excluding carboxylic acids is 3. The number of ether oxygens (including phenoxy) is 3. The number of hydrogen-bond donors (Lipinski definition) is 1. The zero-order valence-electron chi connectivity index (χ0n) is 21.1. The van der Waals surface area contributed by atoms with E-state index >= 15 is 0 Å². The minimum absolute atomic E-state index is 0.0112. The Labute approximate surface area is 215 Å². The minimum Gasteiger partial charge on any atom is -0.493 e. The molecule has 0 saturated heterocycles. The third kappa shape index (κ3) is 5.61. The maximum Gasteiger partial charge on any atom is 0.337 e. The lowest BCUT2D eigenvalue weighted by Crippen LogP contribution is -2.46.